The molecule has 106 valence electrons. The molecule has 22 heavy (non-hydrogen) atoms. The highest BCUT2D eigenvalue weighted by Crippen LogP contribution is 2.49. The van der Waals surface area contributed by atoms with Crippen molar-refractivity contribution in [3.05, 3.63) is 77.9 Å². The first-order valence-corrected chi connectivity index (χ1v) is 7.89. The third-order valence-electron chi connectivity index (χ3n) is 4.94. The van der Waals surface area contributed by atoms with Crippen LogP contribution in [0.15, 0.2) is 66.7 Å². The van der Waals surface area contributed by atoms with Crippen LogP contribution in [0.4, 0.5) is 0 Å². The van der Waals surface area contributed by atoms with E-state index in [0.717, 1.165) is 0 Å². The van der Waals surface area contributed by atoms with E-state index in [-0.39, 0.29) is 5.41 Å². The summed E-state index contributed by atoms with van der Waals surface area (Å²) in [5.41, 5.74) is 9.67. The van der Waals surface area contributed by atoms with Crippen molar-refractivity contribution in [1.29, 1.82) is 0 Å². The average Bonchev–Trinajstić information content (AvgIpc) is 2.76. The lowest BCUT2D eigenvalue weighted by atomic mass is 9.79. The van der Waals surface area contributed by atoms with Gasteiger partial charge in [-0.05, 0) is 39.4 Å². The van der Waals surface area contributed by atoms with E-state index in [1.165, 1.54) is 38.8 Å². The van der Waals surface area contributed by atoms with Crippen molar-refractivity contribution in [3.8, 4) is 22.3 Å². The second-order valence-electron chi connectivity index (χ2n) is 6.80. The quantitative estimate of drug-likeness (QED) is 0.593. The summed E-state index contributed by atoms with van der Waals surface area (Å²) in [4.78, 5) is 0. The van der Waals surface area contributed by atoms with E-state index in [1.54, 1.807) is 0 Å². The van der Waals surface area contributed by atoms with E-state index in [0.29, 0.717) is 0 Å². The molecule has 0 nitrogen and oxygen atoms in total. The van der Waals surface area contributed by atoms with Gasteiger partial charge in [-0.3, -0.25) is 0 Å². The molecule has 0 bridgehead atoms. The molecule has 0 amide bonds. The third kappa shape index (κ3) is 1.85. The van der Waals surface area contributed by atoms with Crippen molar-refractivity contribution >= 4 is 13.3 Å². The molecule has 1 heteroatoms. The second kappa shape index (κ2) is 4.61. The number of hydrogen-bond donors (Lipinski definition) is 0. The molecule has 0 saturated heterocycles. The van der Waals surface area contributed by atoms with Crippen molar-refractivity contribution in [2.24, 2.45) is 0 Å². The number of hydrogen-bond acceptors (Lipinski definition) is 0. The predicted octanol–water partition coefficient (Wildman–Crippen LogP) is 3.92. The molecule has 0 N–H and O–H groups in total. The van der Waals surface area contributed by atoms with Gasteiger partial charge in [0, 0.05) is 5.41 Å². The Morgan fingerprint density at radius 3 is 2.05 bits per heavy atom. The Morgan fingerprint density at radius 1 is 0.682 bits per heavy atom. The topological polar surface area (TPSA) is 0 Å². The van der Waals surface area contributed by atoms with Crippen LogP contribution in [-0.4, -0.2) is 7.85 Å². The van der Waals surface area contributed by atoms with Gasteiger partial charge in [0.2, 0.25) is 0 Å². The Balaban J connectivity index is 1.93. The Hall–Kier alpha value is -2.28. The zero-order valence-electron chi connectivity index (χ0n) is 13.4. The van der Waals surface area contributed by atoms with Crippen LogP contribution in [0.3, 0.4) is 0 Å². The lowest BCUT2D eigenvalue weighted by molar-refractivity contribution is 0.661. The minimum atomic E-state index is 0.0709. The summed E-state index contributed by atoms with van der Waals surface area (Å²) < 4.78 is 0. The maximum atomic E-state index is 2.38. The molecule has 0 spiro atoms. The fraction of sp³-hybridized carbons (Fsp3) is 0.143. The smallest absolute Gasteiger partial charge is 0.0886 e. The molecule has 1 aliphatic rings. The molecular weight excluding hydrogens is 263 g/mol. The molecule has 0 atom stereocenters. The van der Waals surface area contributed by atoms with Gasteiger partial charge in [0.15, 0.2) is 0 Å². The Morgan fingerprint density at radius 2 is 1.32 bits per heavy atom. The molecular formula is C21H19B. The van der Waals surface area contributed by atoms with E-state index in [2.05, 4.69) is 88.4 Å². The third-order valence-corrected chi connectivity index (χ3v) is 4.94. The van der Waals surface area contributed by atoms with Gasteiger partial charge in [-0.1, -0.05) is 80.0 Å². The fourth-order valence-electron chi connectivity index (χ4n) is 3.66. The zero-order chi connectivity index (χ0) is 15.3. The first-order chi connectivity index (χ1) is 10.6. The van der Waals surface area contributed by atoms with E-state index >= 15 is 0 Å². The molecule has 3 aromatic carbocycles. The van der Waals surface area contributed by atoms with Crippen molar-refractivity contribution < 1.29 is 0 Å². The van der Waals surface area contributed by atoms with Gasteiger partial charge < -0.3 is 0 Å². The molecule has 4 rings (SSSR count). The summed E-state index contributed by atoms with van der Waals surface area (Å²) in [6.07, 6.45) is 0. The molecule has 0 fully saturated rings. The Bertz CT molecular complexity index is 860. The van der Waals surface area contributed by atoms with Gasteiger partial charge in [-0.2, -0.15) is 0 Å². The van der Waals surface area contributed by atoms with Crippen LogP contribution in [0.1, 0.15) is 25.0 Å². The highest BCUT2D eigenvalue weighted by molar-refractivity contribution is 6.32. The van der Waals surface area contributed by atoms with Crippen LogP contribution in [0.5, 0.6) is 0 Å². The van der Waals surface area contributed by atoms with Gasteiger partial charge >= 0.3 is 0 Å². The van der Waals surface area contributed by atoms with Gasteiger partial charge in [-0.15, -0.1) is 0 Å². The standard InChI is InChI=1S/C21H19B/c1-21(2)19-12-15(14-6-4-3-5-7-14)8-10-17(19)18-11-9-16(22)13-20(18)21/h3-13H,22H2,1-2H3. The molecule has 3 aromatic rings. The molecule has 0 radical (unpaired) electrons. The van der Waals surface area contributed by atoms with Gasteiger partial charge in [-0.25, -0.2) is 0 Å². The molecule has 0 aromatic heterocycles. The number of fused-ring (bicyclic) bond motifs is 3. The number of benzene rings is 3. The lowest BCUT2D eigenvalue weighted by Gasteiger charge is -2.22. The van der Waals surface area contributed by atoms with Crippen LogP contribution >= 0.6 is 0 Å². The van der Waals surface area contributed by atoms with Crippen LogP contribution < -0.4 is 5.46 Å². The zero-order valence-corrected chi connectivity index (χ0v) is 13.4. The summed E-state index contributed by atoms with van der Waals surface area (Å²) in [7, 11) is 2.18. The first kappa shape index (κ1) is 13.4. The summed E-state index contributed by atoms with van der Waals surface area (Å²) in [6, 6.07) is 24.4. The van der Waals surface area contributed by atoms with Crippen LogP contribution in [0.25, 0.3) is 22.3 Å². The summed E-state index contributed by atoms with van der Waals surface area (Å²) >= 11 is 0. The van der Waals surface area contributed by atoms with Crippen molar-refractivity contribution in [1.82, 2.24) is 0 Å². The molecule has 0 saturated carbocycles. The first-order valence-electron chi connectivity index (χ1n) is 7.89. The summed E-state index contributed by atoms with van der Waals surface area (Å²) in [5, 5.41) is 0. The number of rotatable bonds is 1. The van der Waals surface area contributed by atoms with E-state index in [4.69, 9.17) is 0 Å². The minimum Gasteiger partial charge on any atom is -0.0886 e. The molecule has 0 aliphatic heterocycles. The SMILES string of the molecule is Bc1ccc2c(c1)C(C)(C)c1cc(-c3ccccc3)ccc1-2. The fourth-order valence-corrected chi connectivity index (χ4v) is 3.66. The largest absolute Gasteiger partial charge is 0.139 e. The lowest BCUT2D eigenvalue weighted by Crippen LogP contribution is -2.17. The highest BCUT2D eigenvalue weighted by atomic mass is 14.4. The van der Waals surface area contributed by atoms with Crippen LogP contribution in [-0.2, 0) is 5.41 Å². The van der Waals surface area contributed by atoms with E-state index < -0.39 is 0 Å². The van der Waals surface area contributed by atoms with Crippen LogP contribution in [0.2, 0.25) is 0 Å². The normalized spacial score (nSPS) is 14.5. The van der Waals surface area contributed by atoms with Crippen molar-refractivity contribution in [3.63, 3.8) is 0 Å². The van der Waals surface area contributed by atoms with E-state index in [9.17, 15) is 0 Å². The van der Waals surface area contributed by atoms with Gasteiger partial charge in [0.25, 0.3) is 0 Å². The monoisotopic (exact) mass is 282 g/mol. The van der Waals surface area contributed by atoms with E-state index in [1.807, 2.05) is 0 Å². The Kier molecular flexibility index (Phi) is 2.81. The predicted molar refractivity (Wildman–Crippen MR) is 97.6 cm³/mol. The van der Waals surface area contributed by atoms with Crippen molar-refractivity contribution in [2.45, 2.75) is 19.3 Å². The van der Waals surface area contributed by atoms with Crippen LogP contribution in [0, 0.1) is 0 Å². The van der Waals surface area contributed by atoms with Crippen molar-refractivity contribution in [2.75, 3.05) is 0 Å². The second-order valence-corrected chi connectivity index (χ2v) is 6.80. The average molecular weight is 282 g/mol. The van der Waals surface area contributed by atoms with Gasteiger partial charge in [0.1, 0.15) is 7.85 Å². The maximum Gasteiger partial charge on any atom is 0.139 e. The Labute approximate surface area is 133 Å². The maximum absolute atomic E-state index is 2.38. The molecule has 1 aliphatic carbocycles. The molecule has 0 heterocycles. The van der Waals surface area contributed by atoms with Gasteiger partial charge in [0.05, 0.1) is 0 Å². The minimum absolute atomic E-state index is 0.0709. The summed E-state index contributed by atoms with van der Waals surface area (Å²) in [5.74, 6) is 0. The summed E-state index contributed by atoms with van der Waals surface area (Å²) in [6.45, 7) is 4.68. The highest BCUT2D eigenvalue weighted by Gasteiger charge is 2.35. The molecule has 0 unspecified atom stereocenters.